The summed E-state index contributed by atoms with van der Waals surface area (Å²) in [5, 5.41) is 0. The van der Waals surface area contributed by atoms with Crippen molar-refractivity contribution in [1.82, 2.24) is 4.57 Å². The first-order chi connectivity index (χ1) is 14.8. The maximum Gasteiger partial charge on any atom is 0.294 e. The van der Waals surface area contributed by atoms with Crippen LogP contribution in [0.2, 0.25) is 0 Å². The van der Waals surface area contributed by atoms with Crippen LogP contribution in [0.15, 0.2) is 54.6 Å². The first kappa shape index (κ1) is 19.6. The summed E-state index contributed by atoms with van der Waals surface area (Å²) in [6.45, 7) is 4.63. The largest absolute Gasteiger partial charge is 0.294 e. The Morgan fingerprint density at radius 3 is 2.07 bits per heavy atom. The molecule has 1 aromatic heterocycles. The second-order valence-electron chi connectivity index (χ2n) is 9.43. The van der Waals surface area contributed by atoms with Gasteiger partial charge in [0.2, 0.25) is 0 Å². The van der Waals surface area contributed by atoms with Gasteiger partial charge in [0.1, 0.15) is 23.1 Å². The zero-order chi connectivity index (χ0) is 20.5. The molecule has 2 saturated carbocycles. The van der Waals surface area contributed by atoms with Crippen LogP contribution >= 0.6 is 0 Å². The summed E-state index contributed by atoms with van der Waals surface area (Å²) in [5.41, 5.74) is 7.12. The number of benzene rings is 2. The molecule has 2 nitrogen and oxygen atoms in total. The summed E-state index contributed by atoms with van der Waals surface area (Å²) >= 11 is 0. The lowest BCUT2D eigenvalue weighted by molar-refractivity contribution is -0.722. The Morgan fingerprint density at radius 2 is 1.37 bits per heavy atom. The topological polar surface area (TPSA) is 8.81 Å². The van der Waals surface area contributed by atoms with E-state index < -0.39 is 0 Å². The van der Waals surface area contributed by atoms with Crippen LogP contribution in [0.25, 0.3) is 17.1 Å². The summed E-state index contributed by atoms with van der Waals surface area (Å²) in [5.74, 6) is 2.11. The molecular formula is C28H35N2+. The minimum absolute atomic E-state index is 0.633. The van der Waals surface area contributed by atoms with Gasteiger partial charge in [-0.3, -0.25) is 0 Å². The average molecular weight is 400 g/mol. The Morgan fingerprint density at radius 1 is 0.733 bits per heavy atom. The van der Waals surface area contributed by atoms with Gasteiger partial charge in [-0.1, -0.05) is 55.7 Å². The van der Waals surface area contributed by atoms with Gasteiger partial charge < -0.3 is 0 Å². The summed E-state index contributed by atoms with van der Waals surface area (Å²) in [7, 11) is 0. The molecule has 156 valence electrons. The van der Waals surface area contributed by atoms with Crippen LogP contribution < -0.4 is 4.57 Å². The van der Waals surface area contributed by atoms with E-state index in [0.717, 1.165) is 0 Å². The number of aromatic nitrogens is 2. The van der Waals surface area contributed by atoms with Gasteiger partial charge in [-0.05, 0) is 69.2 Å². The van der Waals surface area contributed by atoms with Crippen molar-refractivity contribution in [2.45, 2.75) is 83.6 Å². The van der Waals surface area contributed by atoms with Crippen LogP contribution in [0.3, 0.4) is 0 Å². The van der Waals surface area contributed by atoms with E-state index in [0.29, 0.717) is 12.0 Å². The molecule has 2 heteroatoms. The molecule has 0 N–H and O–H groups in total. The lowest BCUT2D eigenvalue weighted by Crippen LogP contribution is -2.45. The van der Waals surface area contributed by atoms with Crippen molar-refractivity contribution < 1.29 is 4.57 Å². The minimum Gasteiger partial charge on any atom is -0.224 e. The molecular weight excluding hydrogens is 364 g/mol. The Labute approximate surface area is 181 Å². The Hall–Kier alpha value is -2.35. The normalized spacial score (nSPS) is 18.2. The molecule has 0 bridgehead atoms. The molecule has 30 heavy (non-hydrogen) atoms. The Kier molecular flexibility index (Phi) is 5.50. The smallest absolute Gasteiger partial charge is 0.224 e. The molecule has 2 fully saturated rings. The Bertz CT molecular complexity index is 1000. The van der Waals surface area contributed by atoms with Gasteiger partial charge in [-0.2, -0.15) is 4.57 Å². The number of hydrogen-bond donors (Lipinski definition) is 0. The second-order valence-corrected chi connectivity index (χ2v) is 9.43. The zero-order valence-electron chi connectivity index (χ0n) is 18.6. The Balaban J connectivity index is 1.82. The van der Waals surface area contributed by atoms with Gasteiger partial charge in [-0.15, -0.1) is 0 Å². The molecule has 0 amide bonds. The van der Waals surface area contributed by atoms with E-state index in [4.69, 9.17) is 0 Å². The monoisotopic (exact) mass is 399 g/mol. The van der Waals surface area contributed by atoms with Gasteiger partial charge in [0, 0.05) is 12.8 Å². The summed E-state index contributed by atoms with van der Waals surface area (Å²) in [4.78, 5) is 0. The van der Waals surface area contributed by atoms with Crippen LogP contribution in [0, 0.1) is 13.8 Å². The fraction of sp³-hybridized carbons (Fsp3) is 0.464. The first-order valence-corrected chi connectivity index (χ1v) is 12.0. The number of rotatable bonds is 4. The molecule has 0 radical (unpaired) electrons. The molecule has 2 aliphatic carbocycles. The molecule has 0 saturated heterocycles. The van der Waals surface area contributed by atoms with Gasteiger partial charge in [-0.25, -0.2) is 4.57 Å². The average Bonchev–Trinajstić information content (AvgIpc) is 3.41. The summed E-state index contributed by atoms with van der Waals surface area (Å²) in [6, 6.07) is 20.7. The third-order valence-electron chi connectivity index (χ3n) is 7.48. The maximum absolute atomic E-state index is 2.81. The van der Waals surface area contributed by atoms with Crippen molar-refractivity contribution in [2.24, 2.45) is 0 Å². The van der Waals surface area contributed by atoms with Crippen LogP contribution in [-0.4, -0.2) is 4.57 Å². The molecule has 0 spiro atoms. The van der Waals surface area contributed by atoms with E-state index in [1.165, 1.54) is 86.1 Å². The molecule has 2 aliphatic rings. The van der Waals surface area contributed by atoms with Crippen LogP contribution in [0.1, 0.15) is 86.7 Å². The van der Waals surface area contributed by atoms with E-state index >= 15 is 0 Å². The van der Waals surface area contributed by atoms with E-state index in [2.05, 4.69) is 77.6 Å². The van der Waals surface area contributed by atoms with Crippen molar-refractivity contribution in [1.29, 1.82) is 0 Å². The molecule has 0 atom stereocenters. The van der Waals surface area contributed by atoms with Gasteiger partial charge in [0.05, 0.1) is 5.56 Å². The second kappa shape index (κ2) is 8.41. The van der Waals surface area contributed by atoms with Gasteiger partial charge in [0.25, 0.3) is 5.82 Å². The summed E-state index contributed by atoms with van der Waals surface area (Å²) in [6.07, 6.45) is 12.2. The highest BCUT2D eigenvalue weighted by atomic mass is 15.2. The highest BCUT2D eigenvalue weighted by Crippen LogP contribution is 2.40. The fourth-order valence-corrected chi connectivity index (χ4v) is 6.03. The van der Waals surface area contributed by atoms with Crippen molar-refractivity contribution in [3.05, 3.63) is 71.5 Å². The van der Waals surface area contributed by atoms with E-state index in [1.807, 2.05) is 0 Å². The fourth-order valence-electron chi connectivity index (χ4n) is 6.03. The van der Waals surface area contributed by atoms with E-state index in [-0.39, 0.29) is 0 Å². The predicted molar refractivity (Wildman–Crippen MR) is 124 cm³/mol. The standard InChI is InChI=1S/C28H35N2/c1-21-13-9-12-20-26(21)29-22(2)27(23-14-10-11-15-23)30(25-18-7-4-8-19-25)28(29)24-16-5-3-6-17-24/h3,5-6,9,12-13,16-17,20,23,25H,4,7-8,10-11,14-15,18-19H2,1-2H3/q+1. The van der Waals surface area contributed by atoms with Crippen LogP contribution in [0.4, 0.5) is 0 Å². The highest BCUT2D eigenvalue weighted by molar-refractivity contribution is 5.59. The van der Waals surface area contributed by atoms with Crippen LogP contribution in [0.5, 0.6) is 0 Å². The lowest BCUT2D eigenvalue weighted by Gasteiger charge is -2.23. The molecule has 0 unspecified atom stereocenters. The number of hydrogen-bond acceptors (Lipinski definition) is 0. The lowest BCUT2D eigenvalue weighted by atomic mass is 9.93. The molecule has 5 rings (SSSR count). The van der Waals surface area contributed by atoms with E-state index in [9.17, 15) is 0 Å². The summed E-state index contributed by atoms with van der Waals surface area (Å²) < 4.78 is 5.40. The molecule has 1 heterocycles. The first-order valence-electron chi connectivity index (χ1n) is 12.0. The van der Waals surface area contributed by atoms with Crippen molar-refractivity contribution >= 4 is 0 Å². The van der Waals surface area contributed by atoms with Gasteiger partial charge >= 0.3 is 0 Å². The SMILES string of the molecule is Cc1ccccc1-n1c(C)c(C2CCCC2)[n+](C2CCCCC2)c1-c1ccccc1. The molecule has 3 aromatic rings. The number of nitrogens with zero attached hydrogens (tertiary/aromatic N) is 2. The molecule has 2 aromatic carbocycles. The third kappa shape index (κ3) is 3.41. The number of aryl methyl sites for hydroxylation is 1. The predicted octanol–water partition coefficient (Wildman–Crippen LogP) is 7.21. The number of para-hydroxylation sites is 1. The van der Waals surface area contributed by atoms with E-state index in [1.54, 1.807) is 5.69 Å². The van der Waals surface area contributed by atoms with Crippen molar-refractivity contribution in [3.8, 4) is 17.1 Å². The number of imidazole rings is 1. The maximum atomic E-state index is 2.81. The molecule has 0 aliphatic heterocycles. The highest BCUT2D eigenvalue weighted by Gasteiger charge is 2.39. The third-order valence-corrected chi connectivity index (χ3v) is 7.48. The van der Waals surface area contributed by atoms with Crippen molar-refractivity contribution in [2.75, 3.05) is 0 Å². The van der Waals surface area contributed by atoms with Crippen molar-refractivity contribution in [3.63, 3.8) is 0 Å². The quantitative estimate of drug-likeness (QED) is 0.410. The minimum atomic E-state index is 0.633. The van der Waals surface area contributed by atoms with Gasteiger partial charge in [0.15, 0.2) is 0 Å². The zero-order valence-corrected chi connectivity index (χ0v) is 18.6. The van der Waals surface area contributed by atoms with Crippen LogP contribution in [-0.2, 0) is 0 Å².